The molecule has 1 fully saturated rings. The van der Waals surface area contributed by atoms with E-state index in [0.29, 0.717) is 17.6 Å². The SMILES string of the molecule is CCCC1CN(Cc2cc(F)ccc2Cl)C(C)(CC)CN1. The molecule has 2 rings (SSSR count). The zero-order valence-corrected chi connectivity index (χ0v) is 14.0. The minimum atomic E-state index is -0.215. The van der Waals surface area contributed by atoms with Crippen LogP contribution in [-0.2, 0) is 6.54 Å². The molecule has 1 heterocycles. The highest BCUT2D eigenvalue weighted by Crippen LogP contribution is 2.28. The quantitative estimate of drug-likeness (QED) is 0.875. The van der Waals surface area contributed by atoms with Gasteiger partial charge in [-0.25, -0.2) is 4.39 Å². The second-order valence-electron chi connectivity index (χ2n) is 6.33. The van der Waals surface area contributed by atoms with Gasteiger partial charge in [0.1, 0.15) is 5.82 Å². The topological polar surface area (TPSA) is 15.3 Å². The monoisotopic (exact) mass is 312 g/mol. The Labute approximate surface area is 132 Å². The first-order chi connectivity index (χ1) is 9.98. The van der Waals surface area contributed by atoms with Gasteiger partial charge in [-0.2, -0.15) is 0 Å². The van der Waals surface area contributed by atoms with Crippen molar-refractivity contribution < 1.29 is 4.39 Å². The predicted molar refractivity (Wildman–Crippen MR) is 87.2 cm³/mol. The van der Waals surface area contributed by atoms with Crippen LogP contribution in [0.4, 0.5) is 4.39 Å². The molecule has 2 nitrogen and oxygen atoms in total. The van der Waals surface area contributed by atoms with E-state index in [0.717, 1.165) is 25.1 Å². The molecular weight excluding hydrogens is 287 g/mol. The normalized spacial score (nSPS) is 27.0. The first kappa shape index (κ1) is 16.7. The number of nitrogens with one attached hydrogen (secondary N) is 1. The molecule has 4 heteroatoms. The van der Waals surface area contributed by atoms with Crippen molar-refractivity contribution in [3.8, 4) is 0 Å². The molecule has 21 heavy (non-hydrogen) atoms. The molecule has 2 atom stereocenters. The van der Waals surface area contributed by atoms with E-state index in [9.17, 15) is 4.39 Å². The predicted octanol–water partition coefficient (Wildman–Crippen LogP) is 4.22. The van der Waals surface area contributed by atoms with Crippen molar-refractivity contribution >= 4 is 11.6 Å². The largest absolute Gasteiger partial charge is 0.311 e. The average Bonchev–Trinajstić information content (AvgIpc) is 2.47. The standard InChI is InChI=1S/C17H26ClFN2/c1-4-6-15-11-21(17(3,5-2)12-20-15)10-13-9-14(19)7-8-16(13)18/h7-9,15,20H,4-6,10-12H2,1-3H3. The van der Waals surface area contributed by atoms with Crippen molar-refractivity contribution in [1.29, 1.82) is 0 Å². The lowest BCUT2D eigenvalue weighted by Gasteiger charge is -2.48. The summed E-state index contributed by atoms with van der Waals surface area (Å²) >= 11 is 6.24. The van der Waals surface area contributed by atoms with E-state index < -0.39 is 0 Å². The van der Waals surface area contributed by atoms with Crippen LogP contribution in [0.5, 0.6) is 0 Å². The van der Waals surface area contributed by atoms with Crippen LogP contribution in [0.25, 0.3) is 0 Å². The first-order valence-corrected chi connectivity index (χ1v) is 8.28. The Morgan fingerprint density at radius 3 is 2.86 bits per heavy atom. The lowest BCUT2D eigenvalue weighted by atomic mass is 9.90. The lowest BCUT2D eigenvalue weighted by Crippen LogP contribution is -2.62. The molecule has 1 aromatic rings. The molecule has 1 aliphatic rings. The molecule has 0 saturated carbocycles. The maximum atomic E-state index is 13.5. The molecule has 0 radical (unpaired) electrons. The van der Waals surface area contributed by atoms with Crippen molar-refractivity contribution in [3.63, 3.8) is 0 Å². The van der Waals surface area contributed by atoms with Crippen LogP contribution < -0.4 is 5.32 Å². The second kappa shape index (κ2) is 7.08. The van der Waals surface area contributed by atoms with E-state index in [-0.39, 0.29) is 11.4 Å². The van der Waals surface area contributed by atoms with Gasteiger partial charge in [-0.1, -0.05) is 31.9 Å². The third kappa shape index (κ3) is 3.97. The summed E-state index contributed by atoms with van der Waals surface area (Å²) in [5.74, 6) is -0.215. The van der Waals surface area contributed by atoms with Gasteiger partial charge in [-0.05, 0) is 43.5 Å². The van der Waals surface area contributed by atoms with E-state index in [4.69, 9.17) is 11.6 Å². The Hall–Kier alpha value is -0.640. The van der Waals surface area contributed by atoms with Crippen LogP contribution in [0.1, 0.15) is 45.6 Å². The number of piperazine rings is 1. The molecule has 2 unspecified atom stereocenters. The minimum Gasteiger partial charge on any atom is -0.311 e. The van der Waals surface area contributed by atoms with Crippen LogP contribution in [0.2, 0.25) is 5.02 Å². The summed E-state index contributed by atoms with van der Waals surface area (Å²) in [5.41, 5.74) is 0.980. The number of hydrogen-bond donors (Lipinski definition) is 1. The zero-order chi connectivity index (χ0) is 15.5. The highest BCUT2D eigenvalue weighted by atomic mass is 35.5. The van der Waals surface area contributed by atoms with Crippen molar-refractivity contribution in [1.82, 2.24) is 10.2 Å². The molecule has 0 aromatic heterocycles. The summed E-state index contributed by atoms with van der Waals surface area (Å²) in [6.07, 6.45) is 3.41. The van der Waals surface area contributed by atoms with E-state index in [1.54, 1.807) is 12.1 Å². The fourth-order valence-corrected chi connectivity index (χ4v) is 3.22. The van der Waals surface area contributed by atoms with Gasteiger partial charge < -0.3 is 5.32 Å². The van der Waals surface area contributed by atoms with Gasteiger partial charge >= 0.3 is 0 Å². The maximum Gasteiger partial charge on any atom is 0.123 e. The Bertz CT molecular complexity index is 480. The third-order valence-corrected chi connectivity index (χ3v) is 5.11. The van der Waals surface area contributed by atoms with Crippen molar-refractivity contribution in [2.24, 2.45) is 0 Å². The van der Waals surface area contributed by atoms with Gasteiger partial charge in [0.15, 0.2) is 0 Å². The van der Waals surface area contributed by atoms with E-state index >= 15 is 0 Å². The Morgan fingerprint density at radius 2 is 2.19 bits per heavy atom. The van der Waals surface area contributed by atoms with Gasteiger partial charge in [0.25, 0.3) is 0 Å². The molecule has 0 spiro atoms. The molecule has 0 aliphatic carbocycles. The summed E-state index contributed by atoms with van der Waals surface area (Å²) in [7, 11) is 0. The van der Waals surface area contributed by atoms with Crippen LogP contribution in [0.3, 0.4) is 0 Å². The molecule has 0 amide bonds. The summed E-state index contributed by atoms with van der Waals surface area (Å²) < 4.78 is 13.5. The van der Waals surface area contributed by atoms with Gasteiger partial charge in [-0.15, -0.1) is 0 Å². The highest BCUT2D eigenvalue weighted by molar-refractivity contribution is 6.31. The van der Waals surface area contributed by atoms with Gasteiger partial charge in [-0.3, -0.25) is 4.90 Å². The summed E-state index contributed by atoms with van der Waals surface area (Å²) in [6, 6.07) is 5.15. The molecule has 0 bridgehead atoms. The maximum absolute atomic E-state index is 13.5. The fraction of sp³-hybridized carbons (Fsp3) is 0.647. The molecule has 118 valence electrons. The van der Waals surface area contributed by atoms with Gasteiger partial charge in [0, 0.05) is 36.2 Å². The Balaban J connectivity index is 2.18. The van der Waals surface area contributed by atoms with Crippen molar-refractivity contribution in [2.75, 3.05) is 13.1 Å². The number of rotatable bonds is 5. The molecule has 1 aliphatic heterocycles. The number of nitrogens with zero attached hydrogens (tertiary/aromatic N) is 1. The number of halogens is 2. The lowest BCUT2D eigenvalue weighted by molar-refractivity contribution is 0.0396. The smallest absolute Gasteiger partial charge is 0.123 e. The van der Waals surface area contributed by atoms with Crippen molar-refractivity contribution in [3.05, 3.63) is 34.6 Å². The number of hydrogen-bond acceptors (Lipinski definition) is 2. The Morgan fingerprint density at radius 1 is 1.43 bits per heavy atom. The molecule has 1 aromatic carbocycles. The number of benzene rings is 1. The molecule has 1 N–H and O–H groups in total. The summed E-state index contributed by atoms with van der Waals surface area (Å²) in [4.78, 5) is 2.46. The minimum absolute atomic E-state index is 0.0971. The van der Waals surface area contributed by atoms with Crippen molar-refractivity contribution in [2.45, 2.75) is 58.2 Å². The van der Waals surface area contributed by atoms with Crippen LogP contribution in [0, 0.1) is 5.82 Å². The summed E-state index contributed by atoms with van der Waals surface area (Å²) in [5, 5.41) is 4.31. The fourth-order valence-electron chi connectivity index (χ4n) is 3.04. The van der Waals surface area contributed by atoms with E-state index in [1.165, 1.54) is 18.9 Å². The van der Waals surface area contributed by atoms with E-state index in [1.807, 2.05) is 0 Å². The Kier molecular flexibility index (Phi) is 5.64. The van der Waals surface area contributed by atoms with Crippen LogP contribution in [-0.4, -0.2) is 29.6 Å². The molecular formula is C17H26ClFN2. The average molecular weight is 313 g/mol. The van der Waals surface area contributed by atoms with Crippen LogP contribution >= 0.6 is 11.6 Å². The summed E-state index contributed by atoms with van der Waals surface area (Å²) in [6.45, 7) is 9.37. The van der Waals surface area contributed by atoms with Gasteiger partial charge in [0.05, 0.1) is 0 Å². The third-order valence-electron chi connectivity index (χ3n) is 4.74. The second-order valence-corrected chi connectivity index (χ2v) is 6.74. The highest BCUT2D eigenvalue weighted by Gasteiger charge is 2.36. The van der Waals surface area contributed by atoms with Gasteiger partial charge in [0.2, 0.25) is 0 Å². The van der Waals surface area contributed by atoms with Crippen LogP contribution in [0.15, 0.2) is 18.2 Å². The first-order valence-electron chi connectivity index (χ1n) is 7.91. The van der Waals surface area contributed by atoms with E-state index in [2.05, 4.69) is 31.0 Å². The molecule has 1 saturated heterocycles. The zero-order valence-electron chi connectivity index (χ0n) is 13.3.